The van der Waals surface area contributed by atoms with E-state index in [1.165, 1.54) is 0 Å². The van der Waals surface area contributed by atoms with Gasteiger partial charge in [0.25, 0.3) is 5.91 Å². The van der Waals surface area contributed by atoms with Gasteiger partial charge in [-0.25, -0.2) is 4.98 Å². The third kappa shape index (κ3) is 4.68. The molecule has 1 amide bonds. The minimum Gasteiger partial charge on any atom is -0.478 e. The average molecular weight is 293 g/mol. The monoisotopic (exact) mass is 293 g/mol. The van der Waals surface area contributed by atoms with E-state index in [1.807, 2.05) is 19.1 Å². The maximum absolute atomic E-state index is 12.1. The van der Waals surface area contributed by atoms with Crippen molar-refractivity contribution in [2.45, 2.75) is 26.5 Å². The average Bonchev–Trinajstić information content (AvgIpc) is 2.53. The van der Waals surface area contributed by atoms with Crippen molar-refractivity contribution in [1.29, 1.82) is 0 Å². The van der Waals surface area contributed by atoms with Crippen LogP contribution in [0.5, 0.6) is 5.88 Å². The number of hydrogen-bond acceptors (Lipinski definition) is 5. The normalized spacial score (nSPS) is 19.2. The molecule has 1 atom stereocenters. The Bertz CT molecular complexity index is 467. The van der Waals surface area contributed by atoms with Gasteiger partial charge >= 0.3 is 0 Å². The molecule has 1 aromatic heterocycles. The number of ether oxygens (including phenoxy) is 2. The third-order valence-corrected chi connectivity index (χ3v) is 3.45. The van der Waals surface area contributed by atoms with E-state index < -0.39 is 0 Å². The molecule has 1 saturated heterocycles. The summed E-state index contributed by atoms with van der Waals surface area (Å²) in [4.78, 5) is 18.5. The molecule has 6 nitrogen and oxygen atoms in total. The fourth-order valence-corrected chi connectivity index (χ4v) is 2.24. The summed E-state index contributed by atoms with van der Waals surface area (Å²) in [5.41, 5.74) is 0.963. The largest absolute Gasteiger partial charge is 0.478 e. The molecule has 1 N–H and O–H groups in total. The van der Waals surface area contributed by atoms with Crippen LogP contribution in [-0.4, -0.2) is 54.7 Å². The van der Waals surface area contributed by atoms with E-state index in [2.05, 4.69) is 22.1 Å². The lowest BCUT2D eigenvalue weighted by molar-refractivity contribution is -0.138. The molecule has 1 aliphatic rings. The highest BCUT2D eigenvalue weighted by Gasteiger charge is 2.25. The fourth-order valence-electron chi connectivity index (χ4n) is 2.24. The Morgan fingerprint density at radius 1 is 1.57 bits per heavy atom. The molecule has 0 aromatic carbocycles. The maximum atomic E-state index is 12.1. The number of carbonyl (C=O) groups excluding carboxylic acids is 1. The standard InChI is InChI=1S/C15H23N3O3/c1-3-18-7-8-21-13(11-18)15(19)17-10-12-5-6-16-14(9-12)20-4-2/h5-6,9,13H,3-4,7-8,10-11H2,1-2H3,(H,17,19). The lowest BCUT2D eigenvalue weighted by Crippen LogP contribution is -2.49. The molecule has 6 heteroatoms. The second-order valence-electron chi connectivity index (χ2n) is 4.91. The summed E-state index contributed by atoms with van der Waals surface area (Å²) >= 11 is 0. The molecule has 2 heterocycles. The van der Waals surface area contributed by atoms with E-state index >= 15 is 0 Å². The highest BCUT2D eigenvalue weighted by atomic mass is 16.5. The molecule has 0 saturated carbocycles. The zero-order valence-corrected chi connectivity index (χ0v) is 12.7. The van der Waals surface area contributed by atoms with Crippen molar-refractivity contribution in [1.82, 2.24) is 15.2 Å². The fraction of sp³-hybridized carbons (Fsp3) is 0.600. The molecular formula is C15H23N3O3. The number of rotatable bonds is 6. The van der Waals surface area contributed by atoms with Gasteiger partial charge in [0.05, 0.1) is 13.2 Å². The first-order valence-corrected chi connectivity index (χ1v) is 7.42. The van der Waals surface area contributed by atoms with Crippen LogP contribution in [0.4, 0.5) is 0 Å². The maximum Gasteiger partial charge on any atom is 0.250 e. The Labute approximate surface area is 125 Å². The first-order chi connectivity index (χ1) is 10.2. The van der Waals surface area contributed by atoms with Crippen LogP contribution in [0, 0.1) is 0 Å². The second kappa shape index (κ2) is 7.95. The zero-order chi connectivity index (χ0) is 15.1. The van der Waals surface area contributed by atoms with Crippen molar-refractivity contribution >= 4 is 5.91 Å². The number of likely N-dealkylation sites (N-methyl/N-ethyl adjacent to an activating group) is 1. The topological polar surface area (TPSA) is 63.7 Å². The zero-order valence-electron chi connectivity index (χ0n) is 12.7. The van der Waals surface area contributed by atoms with Gasteiger partial charge in [-0.2, -0.15) is 0 Å². The number of aromatic nitrogens is 1. The predicted molar refractivity (Wildman–Crippen MR) is 79.1 cm³/mol. The van der Waals surface area contributed by atoms with Crippen LogP contribution in [0.1, 0.15) is 19.4 Å². The highest BCUT2D eigenvalue weighted by Crippen LogP contribution is 2.10. The van der Waals surface area contributed by atoms with E-state index in [0.29, 0.717) is 32.2 Å². The molecule has 0 aliphatic carbocycles. The lowest BCUT2D eigenvalue weighted by Gasteiger charge is -2.31. The van der Waals surface area contributed by atoms with Crippen LogP contribution in [0.2, 0.25) is 0 Å². The second-order valence-corrected chi connectivity index (χ2v) is 4.91. The summed E-state index contributed by atoms with van der Waals surface area (Å²) in [5, 5.41) is 2.91. The van der Waals surface area contributed by atoms with E-state index in [9.17, 15) is 4.79 Å². The minimum atomic E-state index is -0.383. The van der Waals surface area contributed by atoms with Gasteiger partial charge in [0.2, 0.25) is 5.88 Å². The summed E-state index contributed by atoms with van der Waals surface area (Å²) in [6.45, 7) is 8.12. The van der Waals surface area contributed by atoms with E-state index in [-0.39, 0.29) is 12.0 Å². The number of morpholine rings is 1. The molecule has 2 rings (SSSR count). The summed E-state index contributed by atoms with van der Waals surface area (Å²) in [6.07, 6.45) is 1.30. The Hall–Kier alpha value is -1.66. The molecular weight excluding hydrogens is 270 g/mol. The van der Waals surface area contributed by atoms with Crippen molar-refractivity contribution in [2.75, 3.05) is 32.8 Å². The van der Waals surface area contributed by atoms with Crippen LogP contribution in [-0.2, 0) is 16.1 Å². The number of nitrogens with one attached hydrogen (secondary N) is 1. The van der Waals surface area contributed by atoms with Crippen LogP contribution in [0.15, 0.2) is 18.3 Å². The molecule has 0 bridgehead atoms. The van der Waals surface area contributed by atoms with Gasteiger partial charge in [-0.1, -0.05) is 6.92 Å². The lowest BCUT2D eigenvalue weighted by atomic mass is 10.2. The number of pyridine rings is 1. The minimum absolute atomic E-state index is 0.0667. The predicted octanol–water partition coefficient (Wildman–Crippen LogP) is 0.817. The van der Waals surface area contributed by atoms with E-state index in [4.69, 9.17) is 9.47 Å². The Morgan fingerprint density at radius 2 is 2.43 bits per heavy atom. The Kier molecular flexibility index (Phi) is 5.95. The summed E-state index contributed by atoms with van der Waals surface area (Å²) in [7, 11) is 0. The molecule has 0 spiro atoms. The summed E-state index contributed by atoms with van der Waals surface area (Å²) in [5.74, 6) is 0.512. The van der Waals surface area contributed by atoms with E-state index in [1.54, 1.807) is 6.20 Å². The van der Waals surface area contributed by atoms with Gasteiger partial charge in [-0.3, -0.25) is 9.69 Å². The number of carbonyl (C=O) groups is 1. The molecule has 1 fully saturated rings. The number of hydrogen-bond donors (Lipinski definition) is 1. The first-order valence-electron chi connectivity index (χ1n) is 7.42. The number of nitrogens with zero attached hydrogens (tertiary/aromatic N) is 2. The van der Waals surface area contributed by atoms with E-state index in [0.717, 1.165) is 18.7 Å². The van der Waals surface area contributed by atoms with Crippen LogP contribution < -0.4 is 10.1 Å². The summed E-state index contributed by atoms with van der Waals surface area (Å²) in [6, 6.07) is 3.70. The molecule has 1 aliphatic heterocycles. The Morgan fingerprint density at radius 3 is 3.19 bits per heavy atom. The van der Waals surface area contributed by atoms with Crippen molar-refractivity contribution in [2.24, 2.45) is 0 Å². The van der Waals surface area contributed by atoms with Gasteiger partial charge in [-0.15, -0.1) is 0 Å². The van der Waals surface area contributed by atoms with Gasteiger partial charge < -0.3 is 14.8 Å². The highest BCUT2D eigenvalue weighted by molar-refractivity contribution is 5.81. The van der Waals surface area contributed by atoms with Crippen LogP contribution in [0.25, 0.3) is 0 Å². The van der Waals surface area contributed by atoms with Gasteiger partial charge in [0.15, 0.2) is 0 Å². The van der Waals surface area contributed by atoms with Crippen molar-refractivity contribution in [3.05, 3.63) is 23.9 Å². The van der Waals surface area contributed by atoms with Gasteiger partial charge in [-0.05, 0) is 25.1 Å². The molecule has 0 radical (unpaired) electrons. The third-order valence-electron chi connectivity index (χ3n) is 3.45. The first kappa shape index (κ1) is 15.7. The molecule has 1 unspecified atom stereocenters. The van der Waals surface area contributed by atoms with Crippen LogP contribution in [0.3, 0.4) is 0 Å². The van der Waals surface area contributed by atoms with Crippen molar-refractivity contribution in [3.63, 3.8) is 0 Å². The SMILES string of the molecule is CCOc1cc(CNC(=O)C2CN(CC)CCO2)ccn1. The molecule has 1 aromatic rings. The van der Waals surface area contributed by atoms with Crippen molar-refractivity contribution < 1.29 is 14.3 Å². The number of amides is 1. The van der Waals surface area contributed by atoms with Gasteiger partial charge in [0.1, 0.15) is 6.10 Å². The quantitative estimate of drug-likeness (QED) is 0.841. The summed E-state index contributed by atoms with van der Waals surface area (Å²) < 4.78 is 10.9. The smallest absolute Gasteiger partial charge is 0.250 e. The molecule has 116 valence electrons. The molecule has 21 heavy (non-hydrogen) atoms. The van der Waals surface area contributed by atoms with Crippen molar-refractivity contribution in [3.8, 4) is 5.88 Å². The van der Waals surface area contributed by atoms with Crippen LogP contribution >= 0.6 is 0 Å². The van der Waals surface area contributed by atoms with Gasteiger partial charge in [0, 0.05) is 31.9 Å². The Balaban J connectivity index is 1.84.